The average Bonchev–Trinajstić information content (AvgIpc) is 3.87. The molecular weight excluding hydrogens is 862 g/mol. The van der Waals surface area contributed by atoms with Crippen LogP contribution >= 0.6 is 0 Å². The summed E-state index contributed by atoms with van der Waals surface area (Å²) in [5.41, 5.74) is -0.673. The van der Waals surface area contributed by atoms with Crippen molar-refractivity contribution in [1.82, 2.24) is 49.9 Å². The Bertz CT molecular complexity index is 2220. The third-order valence-corrected chi connectivity index (χ3v) is 13.3. The number of hydrogen-bond donors (Lipinski definition) is 3. The van der Waals surface area contributed by atoms with Gasteiger partial charge in [-0.15, -0.1) is 10.2 Å². The van der Waals surface area contributed by atoms with Gasteiger partial charge in [-0.25, -0.2) is 18.8 Å². The van der Waals surface area contributed by atoms with E-state index in [1.807, 2.05) is 39.8 Å². The van der Waals surface area contributed by atoms with Crippen LogP contribution in [0.5, 0.6) is 0 Å². The quantitative estimate of drug-likeness (QED) is 0.134. The Kier molecular flexibility index (Phi) is 15.6. The summed E-state index contributed by atoms with van der Waals surface area (Å²) in [4.78, 5) is 64.6. The number of aliphatic hydroxyl groups is 1. The Morgan fingerprint density at radius 3 is 2.44 bits per heavy atom. The molecule has 4 N–H and O–H groups in total. The Hall–Kier alpha value is -5.00. The summed E-state index contributed by atoms with van der Waals surface area (Å²) >= 11 is 0. The van der Waals surface area contributed by atoms with Crippen molar-refractivity contribution in [1.29, 1.82) is 0 Å². The van der Waals surface area contributed by atoms with E-state index in [0.29, 0.717) is 43.7 Å². The van der Waals surface area contributed by atoms with Crippen LogP contribution in [0.2, 0.25) is 0 Å². The van der Waals surface area contributed by atoms with E-state index in [9.17, 15) is 24.3 Å². The van der Waals surface area contributed by atoms with Gasteiger partial charge in [-0.05, 0) is 105 Å². The first-order chi connectivity index (χ1) is 31.2. The molecule has 66 heavy (non-hydrogen) atoms. The van der Waals surface area contributed by atoms with Gasteiger partial charge in [-0.1, -0.05) is 26.0 Å². The van der Waals surface area contributed by atoms with Crippen LogP contribution in [0.4, 0.5) is 15.0 Å². The zero-order valence-corrected chi connectivity index (χ0v) is 39.5. The number of ketones is 1. The number of cyclic esters (lactones) is 1. The van der Waals surface area contributed by atoms with Crippen molar-refractivity contribution in [3.8, 4) is 11.4 Å². The number of amides is 1. The summed E-state index contributed by atoms with van der Waals surface area (Å²) in [5.74, 6) is -4.52. The fraction of sp³-hybridized carbons (Fsp3) is 0.705. The normalized spacial score (nSPS) is 34.9. The number of hydrogen-bond acceptors (Lipinski definition) is 18. The number of alkyl halides is 1. The van der Waals surface area contributed by atoms with Gasteiger partial charge in [0.2, 0.25) is 0 Å². The summed E-state index contributed by atoms with van der Waals surface area (Å²) in [6.45, 7) is 12.0. The van der Waals surface area contributed by atoms with Gasteiger partial charge >= 0.3 is 17.8 Å². The zero-order valence-electron chi connectivity index (χ0n) is 39.5. The van der Waals surface area contributed by atoms with Crippen molar-refractivity contribution in [2.45, 2.75) is 153 Å². The lowest BCUT2D eigenvalue weighted by atomic mass is 9.78. The summed E-state index contributed by atoms with van der Waals surface area (Å²) in [5, 5.41) is 31.5. The lowest BCUT2D eigenvalue weighted by Crippen LogP contribution is -2.65. The topological polar surface area (TPSA) is 254 Å². The molecule has 0 radical (unpaired) electrons. The molecule has 3 aromatic rings. The Balaban J connectivity index is 1.38. The highest BCUT2D eigenvalue weighted by Gasteiger charge is 2.64. The molecule has 3 saturated heterocycles. The van der Waals surface area contributed by atoms with E-state index in [1.165, 1.54) is 31.2 Å². The van der Waals surface area contributed by atoms with E-state index in [4.69, 9.17) is 29.4 Å². The molecule has 0 spiro atoms. The maximum absolute atomic E-state index is 17.4. The number of nitrogens with zero attached hydrogens (tertiary/aromatic N) is 9. The van der Waals surface area contributed by atoms with E-state index in [2.05, 4.69) is 30.8 Å². The molecule has 3 aliphatic heterocycles. The SMILES string of the molecule is CC[C@H]1OC(=O)C(C)(F)C(=O)[C@H](C)[C@@H](O[C@@H]2O[C@H](C)CC(N(C)C)C2O)[C@](C)(OC)C[C@@H](C)CN[C@H](C)[C@H]2N(CCCCn3cc(-c4cccnn4)nn3)C(=O)O[C@]12n1ccc(N)nc1=O. The highest BCUT2D eigenvalue weighted by molar-refractivity contribution is 6.07. The second-order valence-corrected chi connectivity index (χ2v) is 18.6. The highest BCUT2D eigenvalue weighted by atomic mass is 19.1. The van der Waals surface area contributed by atoms with Crippen LogP contribution in [0.15, 0.2) is 41.6 Å². The number of Topliss-reactive ketones (excluding diaryl/α,β-unsaturated/α-hetero) is 1. The van der Waals surface area contributed by atoms with Gasteiger partial charge in [-0.3, -0.25) is 18.9 Å². The summed E-state index contributed by atoms with van der Waals surface area (Å²) in [6.07, 6.45) is -0.202. The first kappa shape index (κ1) is 50.4. The number of nitrogens with one attached hydrogen (secondary N) is 1. The lowest BCUT2D eigenvalue weighted by molar-refractivity contribution is -0.295. The number of anilines is 1. The zero-order chi connectivity index (χ0) is 48.3. The summed E-state index contributed by atoms with van der Waals surface area (Å²) in [6, 6.07) is 2.69. The number of fused-ring (bicyclic) bond motifs is 1. The minimum atomic E-state index is -3.32. The van der Waals surface area contributed by atoms with Crippen molar-refractivity contribution in [2.75, 3.05) is 40.0 Å². The number of nitrogens with two attached hydrogens (primary N) is 1. The van der Waals surface area contributed by atoms with Gasteiger partial charge in [-0.2, -0.15) is 10.1 Å². The first-order valence-electron chi connectivity index (χ1n) is 22.6. The van der Waals surface area contributed by atoms with Crippen LogP contribution in [-0.4, -0.2) is 162 Å². The molecule has 364 valence electrons. The maximum Gasteiger partial charge on any atom is 0.412 e. The van der Waals surface area contributed by atoms with Crippen LogP contribution in [0.25, 0.3) is 11.4 Å². The minimum Gasteiger partial charge on any atom is -0.453 e. The fourth-order valence-electron chi connectivity index (χ4n) is 9.79. The summed E-state index contributed by atoms with van der Waals surface area (Å²) < 4.78 is 51.3. The highest BCUT2D eigenvalue weighted by Crippen LogP contribution is 2.43. The largest absolute Gasteiger partial charge is 0.453 e. The number of aryl methyl sites for hydroxylation is 1. The van der Waals surface area contributed by atoms with Gasteiger partial charge < -0.3 is 44.7 Å². The van der Waals surface area contributed by atoms with E-state index < -0.39 is 83.1 Å². The number of ether oxygens (including phenoxy) is 5. The van der Waals surface area contributed by atoms with Crippen molar-refractivity contribution < 1.29 is 47.6 Å². The molecule has 3 aliphatic rings. The van der Waals surface area contributed by atoms with Crippen LogP contribution in [0.3, 0.4) is 0 Å². The smallest absolute Gasteiger partial charge is 0.412 e. The van der Waals surface area contributed by atoms with E-state index in [1.54, 1.807) is 43.1 Å². The van der Waals surface area contributed by atoms with E-state index in [-0.39, 0.29) is 43.3 Å². The number of halogens is 1. The maximum atomic E-state index is 17.4. The molecule has 1 amide bonds. The molecular formula is C44H66FN11O10. The lowest BCUT2D eigenvalue weighted by Gasteiger charge is -2.47. The molecule has 6 rings (SSSR count). The molecule has 3 fully saturated rings. The molecule has 0 bridgehead atoms. The summed E-state index contributed by atoms with van der Waals surface area (Å²) in [7, 11) is 5.11. The second-order valence-electron chi connectivity index (χ2n) is 18.6. The number of aromatic nitrogens is 7. The van der Waals surface area contributed by atoms with Crippen molar-refractivity contribution in [3.05, 3.63) is 47.3 Å². The van der Waals surface area contributed by atoms with Gasteiger partial charge in [0.25, 0.3) is 11.4 Å². The third-order valence-electron chi connectivity index (χ3n) is 13.3. The number of aliphatic hydroxyl groups excluding tert-OH is 1. The van der Waals surface area contributed by atoms with Gasteiger partial charge in [0.1, 0.15) is 29.4 Å². The second kappa shape index (κ2) is 20.5. The van der Waals surface area contributed by atoms with Gasteiger partial charge in [0, 0.05) is 50.6 Å². The number of carbonyl (C=O) groups excluding carboxylic acids is 3. The van der Waals surface area contributed by atoms with Gasteiger partial charge in [0.15, 0.2) is 18.2 Å². The molecule has 13 atom stereocenters. The molecule has 0 aromatic carbocycles. The molecule has 22 heteroatoms. The van der Waals surface area contributed by atoms with Crippen molar-refractivity contribution in [3.63, 3.8) is 0 Å². The molecule has 0 aliphatic carbocycles. The Morgan fingerprint density at radius 1 is 1.06 bits per heavy atom. The fourth-order valence-corrected chi connectivity index (χ4v) is 9.79. The number of likely N-dealkylation sites (N-methyl/N-ethyl adjacent to an activating group) is 1. The number of rotatable bonds is 12. The first-order valence-corrected chi connectivity index (χ1v) is 22.6. The molecule has 0 saturated carbocycles. The standard InChI is InChI=1S/C44H66FN11O10/c1-11-32-44(56-20-16-33(46)49-40(56)60)35(55(41(61)66-44)19-13-12-18-54-24-30(51-52-54)29-15-14-17-48-50-29)28(5)47-23-25(2)22-42(6,62-10)37(27(4)36(58)43(7,45)39(59)64-32)65-38-34(57)31(53(8)9)21-26(3)63-38/h14-17,20,24-28,31-32,34-35,37-38,47,57H,11-13,18-19,21-23H2,1-10H3,(H2,46,49,60)/t25-,26-,27+,28-,31?,32-,34?,35-,37-,38+,42-,43?,44-/m1/s1. The van der Waals surface area contributed by atoms with Crippen LogP contribution < -0.4 is 16.7 Å². The van der Waals surface area contributed by atoms with E-state index >= 15 is 4.39 Å². The van der Waals surface area contributed by atoms with Gasteiger partial charge in [0.05, 0.1) is 24.0 Å². The number of esters is 1. The number of nitrogen functional groups attached to an aromatic ring is 1. The predicted octanol–water partition coefficient (Wildman–Crippen LogP) is 2.32. The monoisotopic (exact) mass is 927 g/mol. The molecule has 21 nitrogen and oxygen atoms in total. The minimum absolute atomic E-state index is 0.111. The van der Waals surface area contributed by atoms with Crippen LogP contribution in [0, 0.1) is 11.8 Å². The number of unbranched alkanes of at least 4 members (excludes halogenated alkanes) is 1. The van der Waals surface area contributed by atoms with Crippen LogP contribution in [-0.2, 0) is 45.5 Å². The molecule has 3 aromatic heterocycles. The predicted molar refractivity (Wildman–Crippen MR) is 236 cm³/mol. The number of methoxy groups -OCH3 is 1. The van der Waals surface area contributed by atoms with Crippen molar-refractivity contribution in [2.24, 2.45) is 11.8 Å². The average molecular weight is 928 g/mol. The third kappa shape index (κ3) is 10.1. The Labute approximate surface area is 383 Å². The van der Waals surface area contributed by atoms with Crippen molar-refractivity contribution >= 4 is 23.7 Å². The Morgan fingerprint density at radius 2 is 1.79 bits per heavy atom. The van der Waals surface area contributed by atoms with Crippen LogP contribution in [0.1, 0.15) is 80.6 Å². The van der Waals surface area contributed by atoms with E-state index in [0.717, 1.165) is 11.5 Å². The molecule has 6 heterocycles. The molecule has 3 unspecified atom stereocenters. The number of carbonyl (C=O) groups is 3.